The predicted octanol–water partition coefficient (Wildman–Crippen LogP) is 2.16. The smallest absolute Gasteiger partial charge is 0.254 e. The van der Waals surface area contributed by atoms with Crippen molar-refractivity contribution < 1.29 is 21.6 Å². The zero-order valence-electron chi connectivity index (χ0n) is 20.8. The van der Waals surface area contributed by atoms with Gasteiger partial charge in [-0.2, -0.15) is 0 Å². The summed E-state index contributed by atoms with van der Waals surface area (Å²) in [5.74, 6) is -0.104. The van der Waals surface area contributed by atoms with E-state index in [2.05, 4.69) is 4.90 Å². The van der Waals surface area contributed by atoms with Gasteiger partial charge in [0, 0.05) is 56.8 Å². The number of hydrogen-bond donors (Lipinski definition) is 0. The van der Waals surface area contributed by atoms with Crippen molar-refractivity contribution in [3.63, 3.8) is 0 Å². The molecule has 10 heteroatoms. The fourth-order valence-electron chi connectivity index (χ4n) is 4.39. The Morgan fingerprint density at radius 2 is 1.49 bits per heavy atom. The number of carbonyl (C=O) groups is 1. The maximum atomic E-state index is 13.4. The molecule has 0 N–H and O–H groups in total. The molecule has 8 nitrogen and oxygen atoms in total. The molecule has 1 amide bonds. The zero-order valence-corrected chi connectivity index (χ0v) is 22.5. The van der Waals surface area contributed by atoms with Crippen molar-refractivity contribution in [1.29, 1.82) is 0 Å². The maximum absolute atomic E-state index is 13.4. The molecule has 3 rings (SSSR count). The van der Waals surface area contributed by atoms with E-state index in [9.17, 15) is 21.6 Å². The lowest BCUT2D eigenvalue weighted by atomic mass is 10.0. The number of sulfone groups is 2. The number of amides is 1. The van der Waals surface area contributed by atoms with Gasteiger partial charge in [-0.25, -0.2) is 16.8 Å². The number of piperidine rings is 1. The van der Waals surface area contributed by atoms with E-state index < -0.39 is 19.7 Å². The largest absolute Gasteiger partial charge is 0.334 e. The second-order valence-corrected chi connectivity index (χ2v) is 13.5. The third-order valence-corrected chi connectivity index (χ3v) is 8.67. The highest BCUT2D eigenvalue weighted by molar-refractivity contribution is 7.91. The van der Waals surface area contributed by atoms with Crippen LogP contribution in [0, 0.1) is 0 Å². The van der Waals surface area contributed by atoms with Gasteiger partial charge in [-0.1, -0.05) is 18.2 Å². The Hall–Kier alpha value is -2.27. The SMILES string of the molecule is CN(C)CCN(C(=O)c1ccc(S(C)(=O)=O)cc1)C1CCN(Cc2ccccc2S(C)(=O)=O)CC1. The summed E-state index contributed by atoms with van der Waals surface area (Å²) in [6.45, 7) is 3.34. The van der Waals surface area contributed by atoms with E-state index in [4.69, 9.17) is 0 Å². The van der Waals surface area contributed by atoms with Crippen LogP contribution in [0.25, 0.3) is 0 Å². The van der Waals surface area contributed by atoms with Gasteiger partial charge >= 0.3 is 0 Å². The molecule has 1 fully saturated rings. The fraction of sp³-hybridized carbons (Fsp3) is 0.480. The topological polar surface area (TPSA) is 95.1 Å². The quantitative estimate of drug-likeness (QED) is 0.499. The van der Waals surface area contributed by atoms with E-state index in [0.29, 0.717) is 23.5 Å². The van der Waals surface area contributed by atoms with Crippen molar-refractivity contribution >= 4 is 25.6 Å². The molecule has 35 heavy (non-hydrogen) atoms. The van der Waals surface area contributed by atoms with E-state index in [-0.39, 0.29) is 16.8 Å². The van der Waals surface area contributed by atoms with E-state index in [0.717, 1.165) is 44.3 Å². The van der Waals surface area contributed by atoms with E-state index in [1.54, 1.807) is 24.3 Å². The van der Waals surface area contributed by atoms with Crippen molar-refractivity contribution in [2.75, 3.05) is 52.8 Å². The third kappa shape index (κ3) is 7.36. The summed E-state index contributed by atoms with van der Waals surface area (Å²) in [6.07, 6.45) is 3.94. The summed E-state index contributed by atoms with van der Waals surface area (Å²) in [7, 11) is -2.70. The van der Waals surface area contributed by atoms with Gasteiger partial charge in [0.05, 0.1) is 9.79 Å². The van der Waals surface area contributed by atoms with E-state index in [1.807, 2.05) is 36.0 Å². The zero-order chi connectivity index (χ0) is 25.8. The first-order valence-electron chi connectivity index (χ1n) is 11.6. The average molecular weight is 522 g/mol. The minimum absolute atomic E-state index is 0.0541. The molecular weight excluding hydrogens is 486 g/mol. The highest BCUT2D eigenvalue weighted by atomic mass is 32.2. The molecule has 0 aromatic heterocycles. The number of likely N-dealkylation sites (N-methyl/N-ethyl adjacent to an activating group) is 1. The van der Waals surface area contributed by atoms with Gasteiger partial charge in [0.15, 0.2) is 19.7 Å². The average Bonchev–Trinajstić information content (AvgIpc) is 2.79. The van der Waals surface area contributed by atoms with E-state index in [1.165, 1.54) is 18.4 Å². The second-order valence-electron chi connectivity index (χ2n) is 9.49. The molecule has 0 aliphatic carbocycles. The highest BCUT2D eigenvalue weighted by Gasteiger charge is 2.29. The van der Waals surface area contributed by atoms with Crippen LogP contribution in [0.5, 0.6) is 0 Å². The highest BCUT2D eigenvalue weighted by Crippen LogP contribution is 2.23. The van der Waals surface area contributed by atoms with Crippen LogP contribution in [-0.4, -0.2) is 96.3 Å². The molecule has 0 bridgehead atoms. The van der Waals surface area contributed by atoms with Gasteiger partial charge in [0.1, 0.15) is 0 Å². The van der Waals surface area contributed by atoms with Gasteiger partial charge < -0.3 is 9.80 Å². The number of carbonyl (C=O) groups excluding carboxylic acids is 1. The predicted molar refractivity (Wildman–Crippen MR) is 137 cm³/mol. The maximum Gasteiger partial charge on any atom is 0.254 e. The van der Waals surface area contributed by atoms with Gasteiger partial charge in [-0.05, 0) is 62.8 Å². The number of benzene rings is 2. The molecule has 2 aromatic rings. The Morgan fingerprint density at radius 1 is 0.886 bits per heavy atom. The van der Waals surface area contributed by atoms with Crippen LogP contribution in [0.1, 0.15) is 28.8 Å². The molecular formula is C25H35N3O5S2. The lowest BCUT2D eigenvalue weighted by Gasteiger charge is -2.39. The van der Waals surface area contributed by atoms with Crippen molar-refractivity contribution in [3.05, 3.63) is 59.7 Å². The Balaban J connectivity index is 1.72. The molecule has 0 spiro atoms. The normalized spacial score (nSPS) is 15.9. The summed E-state index contributed by atoms with van der Waals surface area (Å²) in [6, 6.07) is 13.3. The van der Waals surface area contributed by atoms with Crippen LogP contribution < -0.4 is 0 Å². The van der Waals surface area contributed by atoms with Crippen LogP contribution >= 0.6 is 0 Å². The van der Waals surface area contributed by atoms with Gasteiger partial charge in [0.2, 0.25) is 0 Å². The minimum Gasteiger partial charge on any atom is -0.334 e. The molecule has 0 radical (unpaired) electrons. The monoisotopic (exact) mass is 521 g/mol. The fourth-order valence-corrected chi connectivity index (χ4v) is 5.96. The molecule has 0 unspecified atom stereocenters. The van der Waals surface area contributed by atoms with Crippen LogP contribution in [0.3, 0.4) is 0 Å². The van der Waals surface area contributed by atoms with Gasteiger partial charge in [0.25, 0.3) is 5.91 Å². The summed E-state index contributed by atoms with van der Waals surface area (Å²) < 4.78 is 47.8. The molecule has 1 heterocycles. The van der Waals surface area contributed by atoms with Gasteiger partial charge in [-0.15, -0.1) is 0 Å². The van der Waals surface area contributed by atoms with E-state index >= 15 is 0 Å². The summed E-state index contributed by atoms with van der Waals surface area (Å²) in [4.78, 5) is 20.1. The van der Waals surface area contributed by atoms with Crippen LogP contribution in [0.2, 0.25) is 0 Å². The second kappa shape index (κ2) is 11.2. The molecule has 2 aromatic carbocycles. The van der Waals surface area contributed by atoms with Crippen molar-refractivity contribution in [2.45, 2.75) is 35.2 Å². The van der Waals surface area contributed by atoms with Crippen LogP contribution in [0.15, 0.2) is 58.3 Å². The molecule has 192 valence electrons. The van der Waals surface area contributed by atoms with Crippen LogP contribution in [0.4, 0.5) is 0 Å². The van der Waals surface area contributed by atoms with Gasteiger partial charge in [-0.3, -0.25) is 9.69 Å². The summed E-state index contributed by atoms with van der Waals surface area (Å²) in [5, 5.41) is 0. The van der Waals surface area contributed by atoms with Crippen molar-refractivity contribution in [2.24, 2.45) is 0 Å². The molecule has 0 atom stereocenters. The molecule has 1 aliphatic rings. The third-order valence-electron chi connectivity index (χ3n) is 6.34. The Bertz CT molecular complexity index is 1230. The van der Waals surface area contributed by atoms with Crippen LogP contribution in [-0.2, 0) is 26.2 Å². The Morgan fingerprint density at radius 3 is 2.03 bits per heavy atom. The first-order valence-corrected chi connectivity index (χ1v) is 15.4. The number of likely N-dealkylation sites (tertiary alicyclic amines) is 1. The lowest BCUT2D eigenvalue weighted by molar-refractivity contribution is 0.0547. The molecule has 1 aliphatic heterocycles. The van der Waals surface area contributed by atoms with Crippen molar-refractivity contribution in [1.82, 2.24) is 14.7 Å². The van der Waals surface area contributed by atoms with Crippen molar-refractivity contribution in [3.8, 4) is 0 Å². The minimum atomic E-state index is -3.33. The molecule has 1 saturated heterocycles. The number of hydrogen-bond acceptors (Lipinski definition) is 7. The molecule has 0 saturated carbocycles. The number of nitrogens with zero attached hydrogens (tertiary/aromatic N) is 3. The standard InChI is InChI=1S/C25H35N3O5S2/c1-26(2)17-18-28(25(29)20-9-11-23(12-10-20)34(3,30)31)22-13-15-27(16-14-22)19-21-7-5-6-8-24(21)35(4,32)33/h5-12,22H,13-19H2,1-4H3. The lowest BCUT2D eigenvalue weighted by Crippen LogP contribution is -2.49. The Labute approximate surface area is 209 Å². The first-order chi connectivity index (χ1) is 16.4. The first kappa shape index (κ1) is 27.3. The summed E-state index contributed by atoms with van der Waals surface area (Å²) in [5.41, 5.74) is 1.26. The number of rotatable bonds is 9. The Kier molecular flexibility index (Phi) is 8.74. The summed E-state index contributed by atoms with van der Waals surface area (Å²) >= 11 is 0.